The Hall–Kier alpha value is -1.59. The van der Waals surface area contributed by atoms with Crippen LogP contribution in [0.5, 0.6) is 0 Å². The van der Waals surface area contributed by atoms with Crippen molar-refractivity contribution in [2.75, 3.05) is 32.9 Å². The average molecular weight is 346 g/mol. The fraction of sp³-hybridized carbons (Fsp3) is 0.650. The molecule has 3 rings (SSSR count). The van der Waals surface area contributed by atoms with Gasteiger partial charge in [-0.1, -0.05) is 37.3 Å². The molecule has 0 saturated carbocycles. The highest BCUT2D eigenvalue weighted by Crippen LogP contribution is 2.27. The van der Waals surface area contributed by atoms with Crippen LogP contribution < -0.4 is 5.32 Å². The molecule has 5 heteroatoms. The molecular formula is C20H30N2O3. The lowest BCUT2D eigenvalue weighted by molar-refractivity contribution is -0.0875. The highest BCUT2D eigenvalue weighted by Gasteiger charge is 2.33. The molecule has 0 aromatic heterocycles. The van der Waals surface area contributed by atoms with Crippen molar-refractivity contribution >= 4 is 6.03 Å². The minimum Gasteiger partial charge on any atom is -0.381 e. The molecule has 2 fully saturated rings. The van der Waals surface area contributed by atoms with Crippen LogP contribution in [-0.2, 0) is 9.47 Å². The fourth-order valence-electron chi connectivity index (χ4n) is 3.62. The molecule has 5 nitrogen and oxygen atoms in total. The average Bonchev–Trinajstić information content (AvgIpc) is 3.15. The number of rotatable bonds is 5. The lowest BCUT2D eigenvalue weighted by atomic mass is 9.94. The number of hydrogen-bond acceptors (Lipinski definition) is 3. The molecule has 138 valence electrons. The quantitative estimate of drug-likeness (QED) is 0.889. The lowest BCUT2D eigenvalue weighted by Gasteiger charge is -2.40. The summed E-state index contributed by atoms with van der Waals surface area (Å²) in [7, 11) is 0. The maximum absolute atomic E-state index is 12.9. The van der Waals surface area contributed by atoms with Gasteiger partial charge in [0.2, 0.25) is 0 Å². The third kappa shape index (κ3) is 4.73. The van der Waals surface area contributed by atoms with Crippen molar-refractivity contribution in [1.29, 1.82) is 0 Å². The fourth-order valence-corrected chi connectivity index (χ4v) is 3.62. The molecule has 0 radical (unpaired) electrons. The number of amides is 2. The van der Waals surface area contributed by atoms with Gasteiger partial charge in [-0.3, -0.25) is 0 Å². The van der Waals surface area contributed by atoms with Crippen molar-refractivity contribution in [3.63, 3.8) is 0 Å². The maximum Gasteiger partial charge on any atom is 0.318 e. The zero-order chi connectivity index (χ0) is 17.7. The monoisotopic (exact) mass is 346 g/mol. The number of ether oxygens (including phenoxy) is 2. The summed E-state index contributed by atoms with van der Waals surface area (Å²) >= 11 is 0. The molecule has 0 aliphatic carbocycles. The molecular weight excluding hydrogens is 316 g/mol. The van der Waals surface area contributed by atoms with Crippen molar-refractivity contribution < 1.29 is 14.3 Å². The highest BCUT2D eigenvalue weighted by atomic mass is 16.5. The van der Waals surface area contributed by atoms with Crippen LogP contribution >= 0.6 is 0 Å². The van der Waals surface area contributed by atoms with E-state index in [2.05, 4.69) is 31.3 Å². The highest BCUT2D eigenvalue weighted by molar-refractivity contribution is 5.75. The second-order valence-electron chi connectivity index (χ2n) is 7.45. The van der Waals surface area contributed by atoms with Crippen molar-refractivity contribution in [2.24, 2.45) is 5.92 Å². The van der Waals surface area contributed by atoms with Gasteiger partial charge in [0.25, 0.3) is 0 Å². The summed E-state index contributed by atoms with van der Waals surface area (Å²) in [5, 5.41) is 3.27. The van der Waals surface area contributed by atoms with Gasteiger partial charge in [-0.05, 0) is 37.7 Å². The van der Waals surface area contributed by atoms with Crippen LogP contribution in [0, 0.1) is 5.92 Å². The minimum absolute atomic E-state index is 0.00995. The van der Waals surface area contributed by atoms with E-state index in [9.17, 15) is 4.79 Å². The number of carbonyl (C=O) groups is 1. The zero-order valence-corrected chi connectivity index (χ0v) is 15.4. The van der Waals surface area contributed by atoms with E-state index >= 15 is 0 Å². The largest absolute Gasteiger partial charge is 0.381 e. The normalized spacial score (nSPS) is 27.9. The Morgan fingerprint density at radius 2 is 2.16 bits per heavy atom. The van der Waals surface area contributed by atoms with Crippen LogP contribution in [0.1, 0.15) is 44.7 Å². The van der Waals surface area contributed by atoms with E-state index in [1.165, 1.54) is 0 Å². The Morgan fingerprint density at radius 3 is 2.84 bits per heavy atom. The first-order chi connectivity index (χ1) is 12.1. The second-order valence-corrected chi connectivity index (χ2v) is 7.45. The third-order valence-electron chi connectivity index (χ3n) is 5.46. The van der Waals surface area contributed by atoms with Gasteiger partial charge >= 0.3 is 6.03 Å². The Labute approximate surface area is 150 Å². The number of benzene rings is 1. The van der Waals surface area contributed by atoms with E-state index < -0.39 is 0 Å². The van der Waals surface area contributed by atoms with Crippen molar-refractivity contribution in [3.8, 4) is 0 Å². The second kappa shape index (κ2) is 8.19. The van der Waals surface area contributed by atoms with E-state index in [0.29, 0.717) is 25.6 Å². The number of urea groups is 1. The molecule has 0 spiro atoms. The summed E-state index contributed by atoms with van der Waals surface area (Å²) in [5.74, 6) is 0.510. The summed E-state index contributed by atoms with van der Waals surface area (Å²) in [5.41, 5.74) is 0.922. The van der Waals surface area contributed by atoms with E-state index in [-0.39, 0.29) is 17.7 Å². The Morgan fingerprint density at radius 1 is 1.36 bits per heavy atom. The third-order valence-corrected chi connectivity index (χ3v) is 5.46. The van der Waals surface area contributed by atoms with Gasteiger partial charge in [0.15, 0.2) is 0 Å². The molecule has 1 N–H and O–H groups in total. The van der Waals surface area contributed by atoms with E-state index in [1.807, 2.05) is 23.1 Å². The SMILES string of the molecule is CC[C@]1(C)CN(C(=O)N[C@H](C[C@@H]2CCOC2)c2ccccc2)CCO1. The standard InChI is InChI=1S/C20H30N2O3/c1-3-20(2)15-22(10-12-25-20)19(23)21-18(13-16-9-11-24-14-16)17-7-5-4-6-8-17/h4-8,16,18H,3,9-15H2,1-2H3,(H,21,23)/t16-,18+,20+/m0/s1. The number of carbonyl (C=O) groups excluding carboxylic acids is 1. The molecule has 2 heterocycles. The Kier molecular flexibility index (Phi) is 5.97. The van der Waals surface area contributed by atoms with Gasteiger partial charge in [0, 0.05) is 19.8 Å². The minimum atomic E-state index is -0.239. The smallest absolute Gasteiger partial charge is 0.318 e. The molecule has 2 amide bonds. The van der Waals surface area contributed by atoms with Gasteiger partial charge < -0.3 is 19.7 Å². The lowest BCUT2D eigenvalue weighted by Crippen LogP contribution is -2.54. The number of nitrogens with one attached hydrogen (secondary N) is 1. The molecule has 1 aromatic carbocycles. The molecule has 2 aliphatic rings. The predicted molar refractivity (Wildman–Crippen MR) is 97.5 cm³/mol. The molecule has 0 unspecified atom stereocenters. The molecule has 1 aromatic rings. The van der Waals surface area contributed by atoms with Gasteiger partial charge in [-0.2, -0.15) is 0 Å². The van der Waals surface area contributed by atoms with Gasteiger partial charge in [0.05, 0.1) is 24.8 Å². The van der Waals surface area contributed by atoms with Crippen LogP contribution in [0.15, 0.2) is 30.3 Å². The molecule has 2 saturated heterocycles. The summed E-state index contributed by atoms with van der Waals surface area (Å²) < 4.78 is 11.4. The van der Waals surface area contributed by atoms with Crippen LogP contribution in [-0.4, -0.2) is 49.4 Å². The van der Waals surface area contributed by atoms with Crippen molar-refractivity contribution in [1.82, 2.24) is 10.2 Å². The zero-order valence-electron chi connectivity index (χ0n) is 15.4. The molecule has 3 atom stereocenters. The van der Waals surface area contributed by atoms with Crippen LogP contribution in [0.4, 0.5) is 4.79 Å². The van der Waals surface area contributed by atoms with Crippen molar-refractivity contribution in [3.05, 3.63) is 35.9 Å². The predicted octanol–water partition coefficient (Wildman–Crippen LogP) is 3.36. The number of morpholine rings is 1. The van der Waals surface area contributed by atoms with Crippen LogP contribution in [0.3, 0.4) is 0 Å². The number of nitrogens with zero attached hydrogens (tertiary/aromatic N) is 1. The first-order valence-electron chi connectivity index (χ1n) is 9.42. The van der Waals surface area contributed by atoms with Gasteiger partial charge in [0.1, 0.15) is 0 Å². The molecule has 25 heavy (non-hydrogen) atoms. The first-order valence-corrected chi connectivity index (χ1v) is 9.42. The molecule has 0 bridgehead atoms. The van der Waals surface area contributed by atoms with Crippen LogP contribution in [0.25, 0.3) is 0 Å². The van der Waals surface area contributed by atoms with Crippen LogP contribution in [0.2, 0.25) is 0 Å². The van der Waals surface area contributed by atoms with Gasteiger partial charge in [-0.25, -0.2) is 4.79 Å². The summed E-state index contributed by atoms with van der Waals surface area (Å²) in [4.78, 5) is 14.8. The Balaban J connectivity index is 1.67. The maximum atomic E-state index is 12.9. The van der Waals surface area contributed by atoms with E-state index in [1.54, 1.807) is 0 Å². The first kappa shape index (κ1) is 18.2. The summed E-state index contributed by atoms with van der Waals surface area (Å²) in [6, 6.07) is 10.3. The Bertz CT molecular complexity index is 559. The topological polar surface area (TPSA) is 50.8 Å². The summed E-state index contributed by atoms with van der Waals surface area (Å²) in [6.45, 7) is 7.71. The van der Waals surface area contributed by atoms with E-state index in [0.717, 1.165) is 38.0 Å². The van der Waals surface area contributed by atoms with Crippen molar-refractivity contribution in [2.45, 2.75) is 44.8 Å². The number of hydrogen-bond donors (Lipinski definition) is 1. The summed E-state index contributed by atoms with van der Waals surface area (Å²) in [6.07, 6.45) is 2.90. The van der Waals surface area contributed by atoms with Gasteiger partial charge in [-0.15, -0.1) is 0 Å². The van der Waals surface area contributed by atoms with E-state index in [4.69, 9.17) is 9.47 Å². The molecule has 2 aliphatic heterocycles.